The van der Waals surface area contributed by atoms with E-state index in [-0.39, 0.29) is 11.3 Å². The van der Waals surface area contributed by atoms with Crippen LogP contribution in [-0.2, 0) is 21.2 Å². The van der Waals surface area contributed by atoms with Crippen LogP contribution in [0.15, 0.2) is 64.0 Å². The third-order valence-corrected chi connectivity index (χ3v) is 4.47. The highest BCUT2D eigenvalue weighted by Gasteiger charge is 2.19. The summed E-state index contributed by atoms with van der Waals surface area (Å²) < 4.78 is 31.2. The molecule has 0 fully saturated rings. The number of carbonyl (C=O) groups is 1. The Morgan fingerprint density at radius 3 is 2.50 bits per heavy atom. The Labute approximate surface area is 126 Å². The van der Waals surface area contributed by atoms with Gasteiger partial charge in [0.15, 0.2) is 5.58 Å². The number of sulfonamides is 1. The molecule has 0 atom stereocenters. The van der Waals surface area contributed by atoms with Crippen LogP contribution in [0.1, 0.15) is 5.69 Å². The molecular formula is C15H12N2O4S. The molecule has 0 aliphatic rings. The fourth-order valence-electron chi connectivity index (χ4n) is 2.06. The molecule has 0 unspecified atom stereocenters. The maximum Gasteiger partial charge on any atom is 0.264 e. The molecule has 1 N–H and O–H groups in total. The first kappa shape index (κ1) is 14.3. The van der Waals surface area contributed by atoms with E-state index in [1.165, 1.54) is 12.1 Å². The van der Waals surface area contributed by atoms with Crippen LogP contribution in [0.2, 0.25) is 0 Å². The van der Waals surface area contributed by atoms with Crippen molar-refractivity contribution in [3.05, 3.63) is 60.3 Å². The topological polar surface area (TPSA) is 89.3 Å². The minimum Gasteiger partial charge on any atom is -0.356 e. The van der Waals surface area contributed by atoms with Gasteiger partial charge in [-0.05, 0) is 24.3 Å². The van der Waals surface area contributed by atoms with Crippen LogP contribution in [0.4, 0.5) is 0 Å². The van der Waals surface area contributed by atoms with Gasteiger partial charge in [-0.1, -0.05) is 35.5 Å². The summed E-state index contributed by atoms with van der Waals surface area (Å²) in [6, 6.07) is 14.8. The van der Waals surface area contributed by atoms with Crippen LogP contribution < -0.4 is 4.72 Å². The number of rotatable bonds is 4. The Hall–Kier alpha value is -2.67. The summed E-state index contributed by atoms with van der Waals surface area (Å²) in [5.74, 6) is -0.664. The first-order valence-corrected chi connectivity index (χ1v) is 7.98. The van der Waals surface area contributed by atoms with Crippen LogP contribution in [0.3, 0.4) is 0 Å². The summed E-state index contributed by atoms with van der Waals surface area (Å²) >= 11 is 0. The molecule has 22 heavy (non-hydrogen) atoms. The molecule has 112 valence electrons. The van der Waals surface area contributed by atoms with E-state index < -0.39 is 15.9 Å². The second-order valence-electron chi connectivity index (χ2n) is 4.64. The van der Waals surface area contributed by atoms with Crippen LogP contribution in [0, 0.1) is 0 Å². The second-order valence-corrected chi connectivity index (χ2v) is 6.33. The quantitative estimate of drug-likeness (QED) is 0.793. The predicted molar refractivity (Wildman–Crippen MR) is 79.5 cm³/mol. The Morgan fingerprint density at radius 2 is 1.73 bits per heavy atom. The number of carbonyl (C=O) groups excluding carboxylic acids is 1. The van der Waals surface area contributed by atoms with Gasteiger partial charge in [0.2, 0.25) is 5.91 Å². The number of hydrogen-bond acceptors (Lipinski definition) is 5. The van der Waals surface area contributed by atoms with Gasteiger partial charge in [0.25, 0.3) is 10.0 Å². The van der Waals surface area contributed by atoms with E-state index in [0.29, 0.717) is 16.7 Å². The molecule has 1 aromatic heterocycles. The van der Waals surface area contributed by atoms with Gasteiger partial charge in [-0.2, -0.15) is 0 Å². The van der Waals surface area contributed by atoms with E-state index in [9.17, 15) is 13.2 Å². The van der Waals surface area contributed by atoms with Gasteiger partial charge in [-0.3, -0.25) is 4.79 Å². The molecular weight excluding hydrogens is 304 g/mol. The van der Waals surface area contributed by atoms with Crippen LogP contribution >= 0.6 is 0 Å². The molecule has 6 nitrogen and oxygen atoms in total. The summed E-state index contributed by atoms with van der Waals surface area (Å²) in [7, 11) is -3.87. The fourth-order valence-corrected chi connectivity index (χ4v) is 3.07. The smallest absolute Gasteiger partial charge is 0.264 e. The Kier molecular flexibility index (Phi) is 3.64. The number of nitrogens with zero attached hydrogens (tertiary/aromatic N) is 1. The average Bonchev–Trinajstić information content (AvgIpc) is 2.91. The van der Waals surface area contributed by atoms with Crippen molar-refractivity contribution >= 4 is 26.9 Å². The van der Waals surface area contributed by atoms with Gasteiger partial charge in [-0.25, -0.2) is 13.1 Å². The zero-order chi connectivity index (χ0) is 15.6. The minimum atomic E-state index is -3.87. The summed E-state index contributed by atoms with van der Waals surface area (Å²) in [4.78, 5) is 12.0. The van der Waals surface area contributed by atoms with Crippen molar-refractivity contribution in [1.82, 2.24) is 9.88 Å². The molecule has 2 aromatic carbocycles. The summed E-state index contributed by atoms with van der Waals surface area (Å²) in [6.07, 6.45) is -0.178. The van der Waals surface area contributed by atoms with Crippen molar-refractivity contribution in [2.75, 3.05) is 0 Å². The Morgan fingerprint density at radius 1 is 1.05 bits per heavy atom. The lowest BCUT2D eigenvalue weighted by Crippen LogP contribution is -2.31. The van der Waals surface area contributed by atoms with Crippen molar-refractivity contribution in [3.63, 3.8) is 0 Å². The highest BCUT2D eigenvalue weighted by Crippen LogP contribution is 2.18. The normalized spacial score (nSPS) is 11.5. The molecule has 0 saturated carbocycles. The number of hydrogen-bond donors (Lipinski definition) is 1. The summed E-state index contributed by atoms with van der Waals surface area (Å²) in [5, 5.41) is 4.50. The summed E-state index contributed by atoms with van der Waals surface area (Å²) in [5.41, 5.74) is 0.951. The SMILES string of the molecule is O=C(Cc1noc2ccccc12)NS(=O)(=O)c1ccccc1. The highest BCUT2D eigenvalue weighted by molar-refractivity contribution is 7.90. The van der Waals surface area contributed by atoms with Gasteiger partial charge < -0.3 is 4.52 Å². The van der Waals surface area contributed by atoms with Gasteiger partial charge >= 0.3 is 0 Å². The third-order valence-electron chi connectivity index (χ3n) is 3.08. The molecule has 3 rings (SSSR count). The highest BCUT2D eigenvalue weighted by atomic mass is 32.2. The zero-order valence-electron chi connectivity index (χ0n) is 11.4. The second kappa shape index (κ2) is 5.61. The van der Waals surface area contributed by atoms with Crippen molar-refractivity contribution < 1.29 is 17.7 Å². The lowest BCUT2D eigenvalue weighted by molar-refractivity contribution is -0.118. The fraction of sp³-hybridized carbons (Fsp3) is 0.0667. The monoisotopic (exact) mass is 316 g/mol. The molecule has 1 heterocycles. The summed E-state index contributed by atoms with van der Waals surface area (Å²) in [6.45, 7) is 0. The zero-order valence-corrected chi connectivity index (χ0v) is 12.2. The van der Waals surface area contributed by atoms with Crippen LogP contribution in [-0.4, -0.2) is 19.5 Å². The first-order chi connectivity index (χ1) is 10.6. The molecule has 0 aliphatic carbocycles. The lowest BCUT2D eigenvalue weighted by Gasteiger charge is -2.05. The molecule has 0 bridgehead atoms. The average molecular weight is 316 g/mol. The number of para-hydroxylation sites is 1. The molecule has 7 heteroatoms. The molecule has 0 spiro atoms. The lowest BCUT2D eigenvalue weighted by atomic mass is 10.2. The molecule has 0 saturated heterocycles. The molecule has 0 aliphatic heterocycles. The van der Waals surface area contributed by atoms with Crippen molar-refractivity contribution in [1.29, 1.82) is 0 Å². The van der Waals surface area contributed by atoms with Gasteiger partial charge in [-0.15, -0.1) is 0 Å². The standard InChI is InChI=1S/C15H12N2O4S/c18-15(17-22(19,20)11-6-2-1-3-7-11)10-13-12-8-4-5-9-14(12)21-16-13/h1-9H,10H2,(H,17,18). The van der Waals surface area contributed by atoms with E-state index in [2.05, 4.69) is 5.16 Å². The van der Waals surface area contributed by atoms with E-state index in [4.69, 9.17) is 4.52 Å². The van der Waals surface area contributed by atoms with E-state index in [0.717, 1.165) is 0 Å². The Balaban J connectivity index is 1.78. The van der Waals surface area contributed by atoms with Gasteiger partial charge in [0.05, 0.1) is 11.3 Å². The van der Waals surface area contributed by atoms with E-state index >= 15 is 0 Å². The largest absolute Gasteiger partial charge is 0.356 e. The number of aromatic nitrogens is 1. The van der Waals surface area contributed by atoms with Gasteiger partial charge in [0, 0.05) is 5.39 Å². The predicted octanol–water partition coefficient (Wildman–Crippen LogP) is 1.88. The maximum atomic E-state index is 12.1. The number of amides is 1. The van der Waals surface area contributed by atoms with E-state index in [1.807, 2.05) is 4.72 Å². The van der Waals surface area contributed by atoms with Crippen molar-refractivity contribution in [2.24, 2.45) is 0 Å². The molecule has 1 amide bonds. The van der Waals surface area contributed by atoms with Crippen LogP contribution in [0.25, 0.3) is 11.0 Å². The first-order valence-electron chi connectivity index (χ1n) is 6.50. The molecule has 0 radical (unpaired) electrons. The van der Waals surface area contributed by atoms with Gasteiger partial charge in [0.1, 0.15) is 5.69 Å². The van der Waals surface area contributed by atoms with E-state index in [1.54, 1.807) is 42.5 Å². The molecule has 3 aromatic rings. The minimum absolute atomic E-state index is 0.0355. The number of benzene rings is 2. The Bertz CT molecular complexity index is 917. The third kappa shape index (κ3) is 2.84. The number of fused-ring (bicyclic) bond motifs is 1. The van der Waals surface area contributed by atoms with Crippen molar-refractivity contribution in [2.45, 2.75) is 11.3 Å². The maximum absolute atomic E-state index is 12.1. The van der Waals surface area contributed by atoms with Crippen molar-refractivity contribution in [3.8, 4) is 0 Å². The number of nitrogens with one attached hydrogen (secondary N) is 1. The van der Waals surface area contributed by atoms with Crippen LogP contribution in [0.5, 0.6) is 0 Å².